The minimum atomic E-state index is -0.603. The molecule has 0 bridgehead atoms. The van der Waals surface area contributed by atoms with Crippen molar-refractivity contribution in [3.05, 3.63) is 65.2 Å². The Hall–Kier alpha value is -2.82. The van der Waals surface area contributed by atoms with Gasteiger partial charge in [0.25, 0.3) is 5.91 Å². The second kappa shape index (κ2) is 8.05. The van der Waals surface area contributed by atoms with Crippen LogP contribution in [0.4, 0.5) is 0 Å². The molecule has 0 fully saturated rings. The van der Waals surface area contributed by atoms with Crippen molar-refractivity contribution in [1.29, 1.82) is 0 Å². The Kier molecular flexibility index (Phi) is 5.73. The highest BCUT2D eigenvalue weighted by Gasteiger charge is 2.29. The SMILES string of the molecule is COc1ccc(C2=NOC(C(=O)NC(C)c3ccc(C(C)(C)C)cc3)C2)cc1. The Morgan fingerprint density at radius 2 is 1.79 bits per heavy atom. The molecular weight excluding hydrogens is 352 g/mol. The standard InChI is InChI=1S/C23H28N2O3/c1-15(16-6-10-18(11-7-16)23(2,3)4)24-22(26)21-14-20(25-28-21)17-8-12-19(27-5)13-9-17/h6-13,15,21H,14H2,1-5H3,(H,24,26). The number of carbonyl (C=O) groups excluding carboxylic acids is 1. The van der Waals surface area contributed by atoms with Gasteiger partial charge in [0.05, 0.1) is 18.9 Å². The van der Waals surface area contributed by atoms with Crippen molar-refractivity contribution in [2.45, 2.75) is 51.7 Å². The van der Waals surface area contributed by atoms with Crippen molar-refractivity contribution < 1.29 is 14.4 Å². The third kappa shape index (κ3) is 4.53. The van der Waals surface area contributed by atoms with E-state index in [0.717, 1.165) is 22.6 Å². The van der Waals surface area contributed by atoms with Crippen LogP contribution in [0.15, 0.2) is 53.7 Å². The summed E-state index contributed by atoms with van der Waals surface area (Å²) >= 11 is 0. The first-order valence-corrected chi connectivity index (χ1v) is 9.56. The maximum absolute atomic E-state index is 12.6. The zero-order valence-corrected chi connectivity index (χ0v) is 17.2. The van der Waals surface area contributed by atoms with Gasteiger partial charge in [0, 0.05) is 6.42 Å². The third-order valence-electron chi connectivity index (χ3n) is 5.02. The summed E-state index contributed by atoms with van der Waals surface area (Å²) < 4.78 is 5.17. The maximum atomic E-state index is 12.6. The molecule has 5 nitrogen and oxygen atoms in total. The first-order chi connectivity index (χ1) is 13.3. The van der Waals surface area contributed by atoms with Gasteiger partial charge in [0.2, 0.25) is 6.10 Å². The van der Waals surface area contributed by atoms with E-state index in [0.29, 0.717) is 6.42 Å². The molecule has 28 heavy (non-hydrogen) atoms. The quantitative estimate of drug-likeness (QED) is 0.838. The number of carbonyl (C=O) groups is 1. The summed E-state index contributed by atoms with van der Waals surface area (Å²) in [6, 6.07) is 15.9. The number of amides is 1. The van der Waals surface area contributed by atoms with Gasteiger partial charge < -0.3 is 14.9 Å². The first-order valence-electron chi connectivity index (χ1n) is 9.56. The van der Waals surface area contributed by atoms with Crippen LogP contribution >= 0.6 is 0 Å². The van der Waals surface area contributed by atoms with E-state index >= 15 is 0 Å². The Balaban J connectivity index is 1.58. The van der Waals surface area contributed by atoms with Gasteiger partial charge in [-0.1, -0.05) is 50.2 Å². The second-order valence-corrected chi connectivity index (χ2v) is 8.17. The number of nitrogens with one attached hydrogen (secondary N) is 1. The Morgan fingerprint density at radius 3 is 2.36 bits per heavy atom. The van der Waals surface area contributed by atoms with Crippen LogP contribution in [0.5, 0.6) is 5.75 Å². The molecule has 0 aliphatic carbocycles. The summed E-state index contributed by atoms with van der Waals surface area (Å²) in [4.78, 5) is 18.0. The summed E-state index contributed by atoms with van der Waals surface area (Å²) in [6.45, 7) is 8.53. The monoisotopic (exact) mass is 380 g/mol. The smallest absolute Gasteiger partial charge is 0.264 e. The van der Waals surface area contributed by atoms with Crippen molar-refractivity contribution in [3.63, 3.8) is 0 Å². The predicted molar refractivity (Wildman–Crippen MR) is 111 cm³/mol. The normalized spacial score (nSPS) is 17.5. The second-order valence-electron chi connectivity index (χ2n) is 8.17. The van der Waals surface area contributed by atoms with Gasteiger partial charge in [-0.2, -0.15) is 0 Å². The summed E-state index contributed by atoms with van der Waals surface area (Å²) in [7, 11) is 1.63. The van der Waals surface area contributed by atoms with E-state index in [-0.39, 0.29) is 17.4 Å². The van der Waals surface area contributed by atoms with E-state index in [1.807, 2.05) is 31.2 Å². The number of hydrogen-bond acceptors (Lipinski definition) is 4. The van der Waals surface area contributed by atoms with Crippen LogP contribution < -0.4 is 10.1 Å². The first kappa shape index (κ1) is 19.9. The summed E-state index contributed by atoms with van der Waals surface area (Å²) in [6.07, 6.45) is -0.151. The predicted octanol–water partition coefficient (Wildman–Crippen LogP) is 4.36. The number of rotatable bonds is 5. The maximum Gasteiger partial charge on any atom is 0.264 e. The fraction of sp³-hybridized carbons (Fsp3) is 0.391. The van der Waals surface area contributed by atoms with E-state index in [4.69, 9.17) is 9.57 Å². The van der Waals surface area contributed by atoms with Crippen LogP contribution in [0, 0.1) is 0 Å². The Bertz CT molecular complexity index is 849. The molecule has 2 atom stereocenters. The van der Waals surface area contributed by atoms with Crippen molar-refractivity contribution >= 4 is 11.6 Å². The number of benzene rings is 2. The van der Waals surface area contributed by atoms with Gasteiger partial charge in [-0.25, -0.2) is 0 Å². The fourth-order valence-corrected chi connectivity index (χ4v) is 3.13. The molecule has 1 N–H and O–H groups in total. The van der Waals surface area contributed by atoms with Gasteiger partial charge in [0.1, 0.15) is 5.75 Å². The lowest BCUT2D eigenvalue weighted by Crippen LogP contribution is -2.36. The van der Waals surface area contributed by atoms with Gasteiger partial charge in [-0.15, -0.1) is 0 Å². The molecule has 1 heterocycles. The van der Waals surface area contributed by atoms with Crippen LogP contribution in [0.2, 0.25) is 0 Å². The Morgan fingerprint density at radius 1 is 1.14 bits per heavy atom. The number of oxime groups is 1. The lowest BCUT2D eigenvalue weighted by molar-refractivity contribution is -0.131. The van der Waals surface area contributed by atoms with Crippen molar-refractivity contribution in [2.75, 3.05) is 7.11 Å². The molecule has 3 rings (SSSR count). The van der Waals surface area contributed by atoms with Crippen LogP contribution in [0.1, 0.15) is 56.8 Å². The molecule has 0 saturated heterocycles. The van der Waals surface area contributed by atoms with E-state index in [2.05, 4.69) is 55.5 Å². The lowest BCUT2D eigenvalue weighted by Gasteiger charge is -2.21. The average Bonchev–Trinajstić information content (AvgIpc) is 3.18. The minimum absolute atomic E-state index is 0.102. The van der Waals surface area contributed by atoms with Gasteiger partial charge in [0.15, 0.2) is 0 Å². The number of nitrogens with zero attached hydrogens (tertiary/aromatic N) is 1. The number of methoxy groups -OCH3 is 1. The van der Waals surface area contributed by atoms with Gasteiger partial charge >= 0.3 is 0 Å². The van der Waals surface area contributed by atoms with Crippen LogP contribution in [0.3, 0.4) is 0 Å². The molecule has 2 aromatic carbocycles. The highest BCUT2D eigenvalue weighted by atomic mass is 16.6. The molecule has 5 heteroatoms. The van der Waals surface area contributed by atoms with Gasteiger partial charge in [-0.3, -0.25) is 4.79 Å². The fourth-order valence-electron chi connectivity index (χ4n) is 3.13. The molecule has 1 aliphatic heterocycles. The van der Waals surface area contributed by atoms with Crippen LogP contribution in [0.25, 0.3) is 0 Å². The largest absolute Gasteiger partial charge is 0.497 e. The zero-order valence-electron chi connectivity index (χ0n) is 17.2. The highest BCUT2D eigenvalue weighted by molar-refractivity contribution is 6.04. The van der Waals surface area contributed by atoms with Crippen molar-refractivity contribution in [1.82, 2.24) is 5.32 Å². The number of ether oxygens (including phenoxy) is 1. The lowest BCUT2D eigenvalue weighted by atomic mass is 9.86. The molecule has 2 unspecified atom stereocenters. The summed E-state index contributed by atoms with van der Waals surface area (Å²) in [5, 5.41) is 7.13. The van der Waals surface area contributed by atoms with E-state index in [1.54, 1.807) is 7.11 Å². The molecule has 2 aromatic rings. The summed E-state index contributed by atoms with van der Waals surface area (Å²) in [5.74, 6) is 0.628. The zero-order chi connectivity index (χ0) is 20.3. The molecule has 1 amide bonds. The molecular formula is C23H28N2O3. The Labute approximate surface area is 166 Å². The van der Waals surface area contributed by atoms with E-state index in [9.17, 15) is 4.79 Å². The van der Waals surface area contributed by atoms with Crippen molar-refractivity contribution in [2.24, 2.45) is 5.16 Å². The molecule has 0 saturated carbocycles. The molecule has 0 radical (unpaired) electrons. The van der Waals surface area contributed by atoms with Crippen LogP contribution in [-0.2, 0) is 15.0 Å². The van der Waals surface area contributed by atoms with Gasteiger partial charge in [-0.05, 0) is 53.3 Å². The molecule has 0 spiro atoms. The van der Waals surface area contributed by atoms with Crippen molar-refractivity contribution in [3.8, 4) is 5.75 Å². The highest BCUT2D eigenvalue weighted by Crippen LogP contribution is 2.24. The minimum Gasteiger partial charge on any atom is -0.497 e. The molecule has 1 aliphatic rings. The molecule has 148 valence electrons. The van der Waals surface area contributed by atoms with E-state index < -0.39 is 6.10 Å². The molecule has 0 aromatic heterocycles. The van der Waals surface area contributed by atoms with E-state index in [1.165, 1.54) is 5.56 Å². The summed E-state index contributed by atoms with van der Waals surface area (Å²) in [5.41, 5.74) is 4.15. The average molecular weight is 380 g/mol. The third-order valence-corrected chi connectivity index (χ3v) is 5.02. The number of hydrogen-bond donors (Lipinski definition) is 1. The van der Waals surface area contributed by atoms with Crippen LogP contribution in [-0.4, -0.2) is 24.8 Å². The topological polar surface area (TPSA) is 59.9 Å².